The Morgan fingerprint density at radius 1 is 1.10 bits per heavy atom. The summed E-state index contributed by atoms with van der Waals surface area (Å²) >= 11 is 0. The molecule has 0 heterocycles. The van der Waals surface area contributed by atoms with Gasteiger partial charge in [-0.1, -0.05) is 11.1 Å². The van der Waals surface area contributed by atoms with Gasteiger partial charge in [-0.05, 0) is 51.4 Å². The van der Waals surface area contributed by atoms with Crippen LogP contribution in [0.3, 0.4) is 0 Å². The minimum absolute atomic E-state index is 1.02. The molecule has 0 aromatic carbocycles. The van der Waals surface area contributed by atoms with E-state index in [9.17, 15) is 0 Å². The fourth-order valence-corrected chi connectivity index (χ4v) is 2.57. The minimum atomic E-state index is 1.02. The number of hydrogen-bond donors (Lipinski definition) is 0. The van der Waals surface area contributed by atoms with Gasteiger partial charge in [-0.15, -0.1) is 0 Å². The van der Waals surface area contributed by atoms with Crippen molar-refractivity contribution in [2.75, 3.05) is 0 Å². The lowest BCUT2D eigenvalue weighted by Crippen LogP contribution is -2.04. The van der Waals surface area contributed by atoms with Crippen molar-refractivity contribution in [1.29, 1.82) is 0 Å². The summed E-state index contributed by atoms with van der Waals surface area (Å²) in [6.07, 6.45) is 8.74. The van der Waals surface area contributed by atoms with E-state index in [1.807, 2.05) is 5.57 Å². The number of allylic oxidation sites excluding steroid dienone is 2. The van der Waals surface area contributed by atoms with E-state index < -0.39 is 0 Å². The van der Waals surface area contributed by atoms with E-state index in [2.05, 4.69) is 6.92 Å². The van der Waals surface area contributed by atoms with E-state index in [-0.39, 0.29) is 0 Å². The van der Waals surface area contributed by atoms with Crippen LogP contribution >= 0.6 is 0 Å². The standard InChI is InChI=1S/C10H16/c1-8-4-2-5-9-6-3-7-10(8)9/h9H,2-7H2,1H3. The van der Waals surface area contributed by atoms with Gasteiger partial charge in [0.1, 0.15) is 0 Å². The molecule has 1 atom stereocenters. The Labute approximate surface area is 63.3 Å². The Morgan fingerprint density at radius 3 is 2.50 bits per heavy atom. The van der Waals surface area contributed by atoms with Crippen LogP contribution in [0.2, 0.25) is 0 Å². The third kappa shape index (κ3) is 0.902. The van der Waals surface area contributed by atoms with Crippen molar-refractivity contribution in [3.05, 3.63) is 11.1 Å². The molecule has 0 bridgehead atoms. The van der Waals surface area contributed by atoms with Gasteiger partial charge < -0.3 is 0 Å². The molecule has 1 saturated carbocycles. The van der Waals surface area contributed by atoms with Gasteiger partial charge in [-0.2, -0.15) is 0 Å². The van der Waals surface area contributed by atoms with Crippen LogP contribution in [0.5, 0.6) is 0 Å². The van der Waals surface area contributed by atoms with Crippen LogP contribution < -0.4 is 0 Å². The predicted molar refractivity (Wildman–Crippen MR) is 43.9 cm³/mol. The van der Waals surface area contributed by atoms with Gasteiger partial charge in [0.25, 0.3) is 0 Å². The molecule has 2 aliphatic carbocycles. The zero-order valence-corrected chi connectivity index (χ0v) is 6.82. The van der Waals surface area contributed by atoms with Gasteiger partial charge in [0.05, 0.1) is 0 Å². The summed E-state index contributed by atoms with van der Waals surface area (Å²) in [6, 6.07) is 0. The van der Waals surface area contributed by atoms with Crippen LogP contribution in [0.4, 0.5) is 0 Å². The van der Waals surface area contributed by atoms with Gasteiger partial charge in [0, 0.05) is 0 Å². The molecule has 0 aliphatic heterocycles. The second kappa shape index (κ2) is 2.41. The number of hydrogen-bond acceptors (Lipinski definition) is 0. The first kappa shape index (κ1) is 6.45. The van der Waals surface area contributed by atoms with Crippen LogP contribution in [0.25, 0.3) is 0 Å². The van der Waals surface area contributed by atoms with Crippen molar-refractivity contribution in [1.82, 2.24) is 0 Å². The SMILES string of the molecule is CC1=C2CCCC2CCC1. The van der Waals surface area contributed by atoms with E-state index in [4.69, 9.17) is 0 Å². The van der Waals surface area contributed by atoms with Crippen molar-refractivity contribution in [3.63, 3.8) is 0 Å². The van der Waals surface area contributed by atoms with Crippen molar-refractivity contribution in [3.8, 4) is 0 Å². The van der Waals surface area contributed by atoms with Crippen molar-refractivity contribution >= 4 is 0 Å². The quantitative estimate of drug-likeness (QED) is 0.448. The third-order valence-electron chi connectivity index (χ3n) is 3.14. The average molecular weight is 136 g/mol. The lowest BCUT2D eigenvalue weighted by Gasteiger charge is -2.20. The summed E-state index contributed by atoms with van der Waals surface area (Å²) in [7, 11) is 0. The summed E-state index contributed by atoms with van der Waals surface area (Å²) in [4.78, 5) is 0. The molecule has 0 radical (unpaired) electrons. The van der Waals surface area contributed by atoms with Gasteiger partial charge in [0.2, 0.25) is 0 Å². The largest absolute Gasteiger partial charge is 0.0738 e. The molecular weight excluding hydrogens is 120 g/mol. The van der Waals surface area contributed by atoms with Gasteiger partial charge in [-0.3, -0.25) is 0 Å². The topological polar surface area (TPSA) is 0 Å². The first-order valence-corrected chi connectivity index (χ1v) is 4.56. The molecule has 2 rings (SSSR count). The van der Waals surface area contributed by atoms with Gasteiger partial charge in [0.15, 0.2) is 0 Å². The third-order valence-corrected chi connectivity index (χ3v) is 3.14. The van der Waals surface area contributed by atoms with Crippen LogP contribution in [0.1, 0.15) is 45.4 Å². The molecule has 0 heteroatoms. The fraction of sp³-hybridized carbons (Fsp3) is 0.800. The van der Waals surface area contributed by atoms with Gasteiger partial charge >= 0.3 is 0 Å². The summed E-state index contributed by atoms with van der Waals surface area (Å²) < 4.78 is 0. The molecule has 2 aliphatic rings. The zero-order valence-electron chi connectivity index (χ0n) is 6.82. The maximum atomic E-state index is 2.34. The van der Waals surface area contributed by atoms with E-state index >= 15 is 0 Å². The highest BCUT2D eigenvalue weighted by molar-refractivity contribution is 5.21. The van der Waals surface area contributed by atoms with Crippen molar-refractivity contribution < 1.29 is 0 Å². The van der Waals surface area contributed by atoms with E-state index in [1.54, 1.807) is 5.57 Å². The van der Waals surface area contributed by atoms with Gasteiger partial charge in [-0.25, -0.2) is 0 Å². The Hall–Kier alpha value is -0.260. The van der Waals surface area contributed by atoms with E-state index in [0.29, 0.717) is 0 Å². The first-order valence-electron chi connectivity index (χ1n) is 4.56. The second-order valence-electron chi connectivity index (χ2n) is 3.79. The Balaban J connectivity index is 2.25. The molecule has 1 unspecified atom stereocenters. The summed E-state index contributed by atoms with van der Waals surface area (Å²) in [5, 5.41) is 0. The highest BCUT2D eigenvalue weighted by Crippen LogP contribution is 2.41. The Kier molecular flexibility index (Phi) is 1.55. The smallest absolute Gasteiger partial charge is 0.0200 e. The highest BCUT2D eigenvalue weighted by atomic mass is 14.3. The maximum absolute atomic E-state index is 2.34. The molecule has 0 nitrogen and oxygen atoms in total. The summed E-state index contributed by atoms with van der Waals surface area (Å²) in [5.41, 5.74) is 3.57. The highest BCUT2D eigenvalue weighted by Gasteiger charge is 2.24. The molecule has 0 amide bonds. The maximum Gasteiger partial charge on any atom is -0.0200 e. The van der Waals surface area contributed by atoms with E-state index in [1.165, 1.54) is 38.5 Å². The van der Waals surface area contributed by atoms with Crippen LogP contribution in [-0.2, 0) is 0 Å². The lowest BCUT2D eigenvalue weighted by molar-refractivity contribution is 0.513. The molecular formula is C10H16. The van der Waals surface area contributed by atoms with Crippen molar-refractivity contribution in [2.24, 2.45) is 5.92 Å². The predicted octanol–water partition coefficient (Wildman–Crippen LogP) is 3.29. The van der Waals surface area contributed by atoms with Crippen LogP contribution in [0.15, 0.2) is 11.1 Å². The Bertz CT molecular complexity index is 165. The second-order valence-corrected chi connectivity index (χ2v) is 3.79. The minimum Gasteiger partial charge on any atom is -0.0738 e. The molecule has 56 valence electrons. The molecule has 0 aromatic heterocycles. The molecule has 10 heavy (non-hydrogen) atoms. The molecule has 1 fully saturated rings. The molecule has 0 spiro atoms. The zero-order chi connectivity index (χ0) is 6.97. The lowest BCUT2D eigenvalue weighted by atomic mass is 9.86. The number of fused-ring (bicyclic) bond motifs is 1. The number of rotatable bonds is 0. The van der Waals surface area contributed by atoms with Crippen LogP contribution in [0, 0.1) is 5.92 Å². The monoisotopic (exact) mass is 136 g/mol. The van der Waals surface area contributed by atoms with Crippen molar-refractivity contribution in [2.45, 2.75) is 45.4 Å². The summed E-state index contributed by atoms with van der Waals surface area (Å²) in [6.45, 7) is 2.34. The normalized spacial score (nSPS) is 32.7. The molecule has 0 saturated heterocycles. The fourth-order valence-electron chi connectivity index (χ4n) is 2.57. The van der Waals surface area contributed by atoms with Crippen LogP contribution in [-0.4, -0.2) is 0 Å². The Morgan fingerprint density at radius 2 is 1.80 bits per heavy atom. The molecule has 0 aromatic rings. The van der Waals surface area contributed by atoms with E-state index in [0.717, 1.165) is 5.92 Å². The first-order chi connectivity index (χ1) is 4.88. The molecule has 0 N–H and O–H groups in total. The average Bonchev–Trinajstić information content (AvgIpc) is 2.36. The summed E-state index contributed by atoms with van der Waals surface area (Å²) in [5.74, 6) is 1.02.